The van der Waals surface area contributed by atoms with Crippen molar-refractivity contribution >= 4 is 23.5 Å². The fraction of sp³-hybridized carbons (Fsp3) is 0.500. The Morgan fingerprint density at radius 2 is 2.12 bits per heavy atom. The molecule has 1 aliphatic rings. The van der Waals surface area contributed by atoms with E-state index in [0.29, 0.717) is 23.8 Å². The number of rotatable bonds is 3. The molecule has 0 aliphatic heterocycles. The highest BCUT2D eigenvalue weighted by Crippen LogP contribution is 2.27. The molecule has 1 heterocycles. The molecule has 1 aliphatic carbocycles. The first-order valence-corrected chi connectivity index (χ1v) is 5.50. The van der Waals surface area contributed by atoms with Gasteiger partial charge in [-0.3, -0.25) is 4.79 Å². The summed E-state index contributed by atoms with van der Waals surface area (Å²) in [6.07, 6.45) is 5.20. The first-order chi connectivity index (χ1) is 7.65. The molecule has 1 saturated carbocycles. The van der Waals surface area contributed by atoms with Crippen molar-refractivity contribution in [1.82, 2.24) is 9.97 Å². The zero-order valence-corrected chi connectivity index (χ0v) is 9.31. The van der Waals surface area contributed by atoms with Gasteiger partial charge in [0.25, 0.3) is 0 Å². The van der Waals surface area contributed by atoms with Gasteiger partial charge in [0.2, 0.25) is 5.95 Å². The standard InChI is InChI=1S/C10H12ClN3O2/c11-7-4-12-10(13-5-7)14-8-2-1-6(3-8)9(15)16/h4-6,8H,1-3H2,(H,15,16)(H,12,13,14)/t6-,8+/m0/s1. The molecule has 86 valence electrons. The van der Waals surface area contributed by atoms with Crippen LogP contribution in [-0.2, 0) is 4.79 Å². The topological polar surface area (TPSA) is 75.1 Å². The molecule has 2 rings (SSSR count). The summed E-state index contributed by atoms with van der Waals surface area (Å²) in [5, 5.41) is 12.5. The Morgan fingerprint density at radius 3 is 2.69 bits per heavy atom. The van der Waals surface area contributed by atoms with Gasteiger partial charge in [-0.15, -0.1) is 0 Å². The van der Waals surface area contributed by atoms with Crippen LogP contribution in [0.5, 0.6) is 0 Å². The predicted octanol–water partition coefficient (Wildman–Crippen LogP) is 1.80. The minimum absolute atomic E-state index is 0.141. The highest BCUT2D eigenvalue weighted by molar-refractivity contribution is 6.30. The molecule has 1 aromatic rings. The summed E-state index contributed by atoms with van der Waals surface area (Å²) in [6.45, 7) is 0. The second-order valence-corrected chi connectivity index (χ2v) is 4.35. The smallest absolute Gasteiger partial charge is 0.306 e. The van der Waals surface area contributed by atoms with Crippen molar-refractivity contribution in [1.29, 1.82) is 0 Å². The van der Waals surface area contributed by atoms with Crippen LogP contribution in [0, 0.1) is 5.92 Å². The minimum atomic E-state index is -0.721. The maximum atomic E-state index is 10.8. The monoisotopic (exact) mass is 241 g/mol. The van der Waals surface area contributed by atoms with Crippen molar-refractivity contribution in [3.63, 3.8) is 0 Å². The van der Waals surface area contributed by atoms with E-state index in [1.165, 1.54) is 12.4 Å². The zero-order valence-electron chi connectivity index (χ0n) is 8.56. The van der Waals surface area contributed by atoms with Crippen LogP contribution in [0.1, 0.15) is 19.3 Å². The SMILES string of the molecule is O=C(O)[C@H]1CC[C@@H](Nc2ncc(Cl)cn2)C1. The minimum Gasteiger partial charge on any atom is -0.481 e. The Bertz CT molecular complexity index is 382. The maximum absolute atomic E-state index is 10.8. The third-order valence-corrected chi connectivity index (χ3v) is 2.93. The Hall–Kier alpha value is -1.36. The molecule has 2 atom stereocenters. The van der Waals surface area contributed by atoms with E-state index in [2.05, 4.69) is 15.3 Å². The summed E-state index contributed by atoms with van der Waals surface area (Å²) in [7, 11) is 0. The molecule has 0 spiro atoms. The molecule has 1 fully saturated rings. The Labute approximate surface area is 97.9 Å². The second-order valence-electron chi connectivity index (χ2n) is 3.91. The molecule has 1 aromatic heterocycles. The average Bonchev–Trinajstić information content (AvgIpc) is 2.70. The van der Waals surface area contributed by atoms with Crippen molar-refractivity contribution in [2.24, 2.45) is 5.92 Å². The normalized spacial score (nSPS) is 24.3. The first kappa shape index (κ1) is 11.1. The molecule has 0 saturated heterocycles. The largest absolute Gasteiger partial charge is 0.481 e. The number of aromatic nitrogens is 2. The molecule has 2 N–H and O–H groups in total. The van der Waals surface area contributed by atoms with Gasteiger partial charge < -0.3 is 10.4 Å². The Balaban J connectivity index is 1.92. The van der Waals surface area contributed by atoms with E-state index in [1.807, 2.05) is 0 Å². The summed E-state index contributed by atoms with van der Waals surface area (Å²) in [6, 6.07) is 0.141. The van der Waals surface area contributed by atoms with Gasteiger partial charge in [0, 0.05) is 6.04 Å². The van der Waals surface area contributed by atoms with E-state index in [-0.39, 0.29) is 12.0 Å². The lowest BCUT2D eigenvalue weighted by atomic mass is 10.1. The van der Waals surface area contributed by atoms with E-state index in [4.69, 9.17) is 16.7 Å². The molecule has 0 radical (unpaired) electrons. The van der Waals surface area contributed by atoms with Crippen LogP contribution in [0.3, 0.4) is 0 Å². The van der Waals surface area contributed by atoms with Gasteiger partial charge >= 0.3 is 5.97 Å². The second kappa shape index (κ2) is 4.65. The lowest BCUT2D eigenvalue weighted by Crippen LogP contribution is -2.19. The Kier molecular flexibility index (Phi) is 3.24. The van der Waals surface area contributed by atoms with Gasteiger partial charge in [-0.2, -0.15) is 0 Å². The molecule has 5 nitrogen and oxygen atoms in total. The van der Waals surface area contributed by atoms with Gasteiger partial charge in [0.15, 0.2) is 0 Å². The van der Waals surface area contributed by atoms with Crippen LogP contribution in [0.25, 0.3) is 0 Å². The quantitative estimate of drug-likeness (QED) is 0.844. The van der Waals surface area contributed by atoms with Gasteiger partial charge in [-0.05, 0) is 19.3 Å². The number of aliphatic carboxylic acids is 1. The third kappa shape index (κ3) is 2.61. The zero-order chi connectivity index (χ0) is 11.5. The van der Waals surface area contributed by atoms with Gasteiger partial charge in [0.1, 0.15) is 0 Å². The van der Waals surface area contributed by atoms with Crippen LogP contribution >= 0.6 is 11.6 Å². The molecule has 0 aromatic carbocycles. The summed E-state index contributed by atoms with van der Waals surface area (Å²) >= 11 is 5.66. The number of carboxylic acid groups (broad SMARTS) is 1. The number of carboxylic acids is 1. The number of hydrogen-bond donors (Lipinski definition) is 2. The lowest BCUT2D eigenvalue weighted by Gasteiger charge is -2.11. The highest BCUT2D eigenvalue weighted by atomic mass is 35.5. The van der Waals surface area contributed by atoms with Crippen molar-refractivity contribution in [3.8, 4) is 0 Å². The van der Waals surface area contributed by atoms with Crippen LogP contribution in [0.15, 0.2) is 12.4 Å². The van der Waals surface area contributed by atoms with E-state index in [9.17, 15) is 4.79 Å². The number of nitrogens with one attached hydrogen (secondary N) is 1. The molecule has 0 amide bonds. The molecular weight excluding hydrogens is 230 g/mol. The maximum Gasteiger partial charge on any atom is 0.306 e. The van der Waals surface area contributed by atoms with E-state index < -0.39 is 5.97 Å². The van der Waals surface area contributed by atoms with E-state index >= 15 is 0 Å². The van der Waals surface area contributed by atoms with Gasteiger partial charge in [0.05, 0.1) is 23.3 Å². The third-order valence-electron chi connectivity index (χ3n) is 2.74. The van der Waals surface area contributed by atoms with Crippen molar-refractivity contribution < 1.29 is 9.90 Å². The van der Waals surface area contributed by atoms with Gasteiger partial charge in [-0.25, -0.2) is 9.97 Å². The van der Waals surface area contributed by atoms with Crippen molar-refractivity contribution in [2.45, 2.75) is 25.3 Å². The van der Waals surface area contributed by atoms with Crippen LogP contribution in [-0.4, -0.2) is 27.1 Å². The van der Waals surface area contributed by atoms with E-state index in [0.717, 1.165) is 6.42 Å². The summed E-state index contributed by atoms with van der Waals surface area (Å²) in [5.74, 6) is -0.466. The molecular formula is C10H12ClN3O2. The molecule has 6 heteroatoms. The molecule has 0 unspecified atom stereocenters. The first-order valence-electron chi connectivity index (χ1n) is 5.12. The fourth-order valence-electron chi connectivity index (χ4n) is 1.91. The van der Waals surface area contributed by atoms with Crippen molar-refractivity contribution in [2.75, 3.05) is 5.32 Å². The Morgan fingerprint density at radius 1 is 1.44 bits per heavy atom. The van der Waals surface area contributed by atoms with Gasteiger partial charge in [-0.1, -0.05) is 11.6 Å². The number of carbonyl (C=O) groups is 1. The lowest BCUT2D eigenvalue weighted by molar-refractivity contribution is -0.141. The number of hydrogen-bond acceptors (Lipinski definition) is 4. The van der Waals surface area contributed by atoms with E-state index in [1.54, 1.807) is 0 Å². The highest BCUT2D eigenvalue weighted by Gasteiger charge is 2.29. The van der Waals surface area contributed by atoms with Crippen LogP contribution < -0.4 is 5.32 Å². The number of nitrogens with zero attached hydrogens (tertiary/aromatic N) is 2. The van der Waals surface area contributed by atoms with Crippen LogP contribution in [0.4, 0.5) is 5.95 Å². The summed E-state index contributed by atoms with van der Waals surface area (Å²) < 4.78 is 0. The predicted molar refractivity (Wildman–Crippen MR) is 59.4 cm³/mol. The summed E-state index contributed by atoms with van der Waals surface area (Å²) in [4.78, 5) is 18.8. The fourth-order valence-corrected chi connectivity index (χ4v) is 2.00. The molecule has 16 heavy (non-hydrogen) atoms. The van der Waals surface area contributed by atoms with Crippen molar-refractivity contribution in [3.05, 3.63) is 17.4 Å². The number of halogens is 1. The van der Waals surface area contributed by atoms with Crippen LogP contribution in [0.2, 0.25) is 5.02 Å². The average molecular weight is 242 g/mol. The molecule has 0 bridgehead atoms. The number of anilines is 1. The summed E-state index contributed by atoms with van der Waals surface area (Å²) in [5.41, 5.74) is 0.